The molecule has 0 aliphatic rings. The van der Waals surface area contributed by atoms with Crippen LogP contribution in [-0.4, -0.2) is 10.9 Å². The summed E-state index contributed by atoms with van der Waals surface area (Å²) in [5, 5.41) is 5.84. The summed E-state index contributed by atoms with van der Waals surface area (Å²) in [6.07, 6.45) is 1.98. The molecule has 2 heterocycles. The van der Waals surface area contributed by atoms with E-state index in [1.54, 1.807) is 34.8 Å². The smallest absolute Gasteiger partial charge is 0.255 e. The predicted molar refractivity (Wildman–Crippen MR) is 106 cm³/mol. The zero-order valence-electron chi connectivity index (χ0n) is 13.2. The number of thiophene rings is 1. The molecule has 4 aromatic rings. The third-order valence-corrected chi connectivity index (χ3v) is 5.53. The molecule has 1 N–H and O–H groups in total. The molecule has 0 atom stereocenters. The Morgan fingerprint density at radius 3 is 2.52 bits per heavy atom. The van der Waals surface area contributed by atoms with Crippen LogP contribution in [0.2, 0.25) is 0 Å². The molecule has 1 amide bonds. The van der Waals surface area contributed by atoms with Gasteiger partial charge in [-0.15, -0.1) is 22.7 Å². The summed E-state index contributed by atoms with van der Waals surface area (Å²) >= 11 is 3.20. The van der Waals surface area contributed by atoms with Gasteiger partial charge in [-0.3, -0.25) is 4.79 Å². The second kappa shape index (κ2) is 7.01. The minimum Gasteiger partial charge on any atom is -0.319 e. The van der Waals surface area contributed by atoms with Gasteiger partial charge < -0.3 is 5.32 Å². The molecule has 0 spiro atoms. The number of rotatable bonds is 4. The average Bonchev–Trinajstić information content (AvgIpc) is 3.31. The zero-order valence-corrected chi connectivity index (χ0v) is 14.8. The van der Waals surface area contributed by atoms with Gasteiger partial charge in [0.2, 0.25) is 0 Å². The highest BCUT2D eigenvalue weighted by Crippen LogP contribution is 2.28. The Balaban J connectivity index is 1.73. The highest BCUT2D eigenvalue weighted by molar-refractivity contribution is 7.19. The quantitative estimate of drug-likeness (QED) is 0.536. The van der Waals surface area contributed by atoms with Crippen molar-refractivity contribution in [1.29, 1.82) is 0 Å². The number of carbonyl (C=O) groups excluding carboxylic acids is 1. The van der Waals surface area contributed by atoms with Crippen LogP contribution in [-0.2, 0) is 0 Å². The fourth-order valence-electron chi connectivity index (χ4n) is 2.44. The number of hydrogen-bond donors (Lipinski definition) is 1. The zero-order chi connectivity index (χ0) is 17.1. The lowest BCUT2D eigenvalue weighted by atomic mass is 10.2. The van der Waals surface area contributed by atoms with Crippen molar-refractivity contribution in [3.63, 3.8) is 0 Å². The van der Waals surface area contributed by atoms with Crippen molar-refractivity contribution in [1.82, 2.24) is 10.3 Å². The van der Waals surface area contributed by atoms with Crippen LogP contribution in [0.4, 0.5) is 0 Å². The fraction of sp³-hybridized carbons (Fsp3) is 0. The second-order valence-electron chi connectivity index (χ2n) is 5.38. The number of para-hydroxylation sites is 1. The normalized spacial score (nSPS) is 11.6. The molecule has 0 aliphatic carbocycles. The van der Waals surface area contributed by atoms with Crippen molar-refractivity contribution in [3.8, 4) is 0 Å². The molecule has 0 unspecified atom stereocenters. The molecule has 0 bridgehead atoms. The van der Waals surface area contributed by atoms with Gasteiger partial charge in [0.25, 0.3) is 5.91 Å². The van der Waals surface area contributed by atoms with E-state index in [2.05, 4.69) is 10.3 Å². The molecule has 0 saturated carbocycles. The number of hydrogen-bond acceptors (Lipinski definition) is 4. The SMILES string of the molecule is O=C(N/C(=C/c1cccs1)c1nc2ccccc2s1)c1ccccc1. The monoisotopic (exact) mass is 362 g/mol. The molecular formula is C20H14N2OS2. The highest BCUT2D eigenvalue weighted by Gasteiger charge is 2.13. The number of amides is 1. The van der Waals surface area contributed by atoms with E-state index in [1.807, 2.05) is 66.1 Å². The Bertz CT molecular complexity index is 1000. The maximum atomic E-state index is 12.6. The Hall–Kier alpha value is -2.76. The standard InChI is InChI=1S/C20H14N2OS2/c23-19(14-7-2-1-3-8-14)21-17(13-15-9-6-12-24-15)20-22-16-10-4-5-11-18(16)25-20/h1-13H,(H,21,23)/b17-13+. The summed E-state index contributed by atoms with van der Waals surface area (Å²) in [5.74, 6) is -0.136. The van der Waals surface area contributed by atoms with Crippen LogP contribution in [0, 0.1) is 0 Å². The van der Waals surface area contributed by atoms with Gasteiger partial charge in [-0.05, 0) is 41.8 Å². The van der Waals surface area contributed by atoms with Crippen LogP contribution in [0.5, 0.6) is 0 Å². The number of benzene rings is 2. The van der Waals surface area contributed by atoms with Gasteiger partial charge in [-0.2, -0.15) is 0 Å². The highest BCUT2D eigenvalue weighted by atomic mass is 32.1. The number of nitrogens with one attached hydrogen (secondary N) is 1. The molecule has 0 aliphatic heterocycles. The van der Waals surface area contributed by atoms with Gasteiger partial charge in [0.15, 0.2) is 0 Å². The van der Waals surface area contributed by atoms with E-state index >= 15 is 0 Å². The van der Waals surface area contributed by atoms with E-state index in [0.29, 0.717) is 5.56 Å². The van der Waals surface area contributed by atoms with Gasteiger partial charge in [0, 0.05) is 10.4 Å². The minimum atomic E-state index is -0.136. The maximum absolute atomic E-state index is 12.6. The van der Waals surface area contributed by atoms with E-state index in [9.17, 15) is 4.79 Å². The summed E-state index contributed by atoms with van der Waals surface area (Å²) in [5.41, 5.74) is 2.28. The number of aromatic nitrogens is 1. The number of nitrogens with zero attached hydrogens (tertiary/aromatic N) is 1. The van der Waals surface area contributed by atoms with Crippen molar-refractivity contribution in [2.45, 2.75) is 0 Å². The predicted octanol–water partition coefficient (Wildman–Crippen LogP) is 5.29. The molecule has 0 fully saturated rings. The van der Waals surface area contributed by atoms with E-state index in [0.717, 1.165) is 25.8 Å². The first-order valence-corrected chi connectivity index (χ1v) is 9.47. The molecule has 2 aromatic heterocycles. The largest absolute Gasteiger partial charge is 0.319 e. The maximum Gasteiger partial charge on any atom is 0.255 e. The van der Waals surface area contributed by atoms with E-state index < -0.39 is 0 Å². The number of fused-ring (bicyclic) bond motifs is 1. The lowest BCUT2D eigenvalue weighted by Crippen LogP contribution is -2.21. The van der Waals surface area contributed by atoms with Crippen molar-refractivity contribution in [3.05, 3.63) is 87.6 Å². The van der Waals surface area contributed by atoms with Crippen LogP contribution in [0.1, 0.15) is 20.2 Å². The third kappa shape index (κ3) is 3.52. The van der Waals surface area contributed by atoms with Crippen LogP contribution >= 0.6 is 22.7 Å². The lowest BCUT2D eigenvalue weighted by molar-refractivity contribution is 0.0974. The van der Waals surface area contributed by atoms with Crippen LogP contribution in [0.3, 0.4) is 0 Å². The Morgan fingerprint density at radius 2 is 1.76 bits per heavy atom. The Morgan fingerprint density at radius 1 is 0.960 bits per heavy atom. The minimum absolute atomic E-state index is 0.136. The Kier molecular flexibility index (Phi) is 4.41. The molecule has 4 rings (SSSR count). The molecule has 0 saturated heterocycles. The van der Waals surface area contributed by atoms with Gasteiger partial charge in [0.05, 0.1) is 15.9 Å². The summed E-state index contributed by atoms with van der Waals surface area (Å²) in [6.45, 7) is 0. The molecule has 3 nitrogen and oxygen atoms in total. The summed E-state index contributed by atoms with van der Waals surface area (Å²) in [7, 11) is 0. The van der Waals surface area contributed by atoms with Crippen molar-refractivity contribution in [2.75, 3.05) is 0 Å². The topological polar surface area (TPSA) is 42.0 Å². The van der Waals surface area contributed by atoms with Crippen molar-refractivity contribution >= 4 is 50.6 Å². The van der Waals surface area contributed by atoms with E-state index in [4.69, 9.17) is 0 Å². The van der Waals surface area contributed by atoms with Crippen molar-refractivity contribution in [2.24, 2.45) is 0 Å². The average molecular weight is 362 g/mol. The Labute approximate surface area is 153 Å². The van der Waals surface area contributed by atoms with Gasteiger partial charge in [0.1, 0.15) is 5.01 Å². The first-order valence-electron chi connectivity index (χ1n) is 7.77. The van der Waals surface area contributed by atoms with Gasteiger partial charge in [-0.1, -0.05) is 36.4 Å². The van der Waals surface area contributed by atoms with Crippen LogP contribution in [0.15, 0.2) is 72.1 Å². The van der Waals surface area contributed by atoms with Gasteiger partial charge >= 0.3 is 0 Å². The van der Waals surface area contributed by atoms with E-state index in [-0.39, 0.29) is 5.91 Å². The fourth-order valence-corrected chi connectivity index (χ4v) is 4.03. The summed E-state index contributed by atoms with van der Waals surface area (Å²) in [4.78, 5) is 18.4. The molecule has 0 radical (unpaired) electrons. The molecule has 122 valence electrons. The molecule has 5 heteroatoms. The summed E-state index contributed by atoms with van der Waals surface area (Å²) in [6, 6.07) is 21.2. The summed E-state index contributed by atoms with van der Waals surface area (Å²) < 4.78 is 1.10. The first-order chi connectivity index (χ1) is 12.3. The third-order valence-electron chi connectivity index (χ3n) is 3.64. The molecule has 25 heavy (non-hydrogen) atoms. The second-order valence-corrected chi connectivity index (χ2v) is 7.39. The van der Waals surface area contributed by atoms with Crippen LogP contribution < -0.4 is 5.32 Å². The molecule has 2 aromatic carbocycles. The lowest BCUT2D eigenvalue weighted by Gasteiger charge is -2.07. The first kappa shape index (κ1) is 15.7. The van der Waals surface area contributed by atoms with E-state index in [1.165, 1.54) is 0 Å². The van der Waals surface area contributed by atoms with Crippen LogP contribution in [0.25, 0.3) is 22.0 Å². The molecular weight excluding hydrogens is 348 g/mol. The van der Waals surface area contributed by atoms with Gasteiger partial charge in [-0.25, -0.2) is 4.98 Å². The van der Waals surface area contributed by atoms with Crippen molar-refractivity contribution < 1.29 is 4.79 Å². The number of thiazole rings is 1. The number of carbonyl (C=O) groups is 1.